The molecule has 15 nitrogen and oxygen atoms in total. The molecule has 1 aliphatic carbocycles. The van der Waals surface area contributed by atoms with Gasteiger partial charge < -0.3 is 34.6 Å². The van der Waals surface area contributed by atoms with Crippen LogP contribution in [0.25, 0.3) is 33.3 Å². The Bertz CT molecular complexity index is 2840. The van der Waals surface area contributed by atoms with E-state index in [1.165, 1.54) is 14.2 Å². The lowest BCUT2D eigenvalue weighted by atomic mass is 9.95. The number of allylic oxidation sites excluding steroid dienone is 2. The zero-order valence-electron chi connectivity index (χ0n) is 39.2. The molecule has 0 radical (unpaired) electrons. The molecule has 10 rings (SSSR count). The summed E-state index contributed by atoms with van der Waals surface area (Å²) in [7, 11) is 2.57. The number of nitrogens with zero attached hydrogens (tertiary/aromatic N) is 6. The molecule has 5 atom stereocenters. The minimum atomic E-state index is -0.741. The van der Waals surface area contributed by atoms with Gasteiger partial charge in [0.2, 0.25) is 18.0 Å². The highest BCUT2D eigenvalue weighted by Gasteiger charge is 2.41. The van der Waals surface area contributed by atoms with Gasteiger partial charge in [-0.1, -0.05) is 33.8 Å². The molecule has 4 aromatic rings. The number of ether oxygens (including phenoxy) is 3. The van der Waals surface area contributed by atoms with Crippen molar-refractivity contribution in [1.82, 2.24) is 30.0 Å². The van der Waals surface area contributed by atoms with Gasteiger partial charge in [-0.2, -0.15) is 0 Å². The maximum atomic E-state index is 16.9. The predicted octanol–water partition coefficient (Wildman–Crippen LogP) is 8.84. The summed E-state index contributed by atoms with van der Waals surface area (Å²) in [5, 5.41) is 7.44. The van der Waals surface area contributed by atoms with E-state index in [4.69, 9.17) is 29.2 Å². The van der Waals surface area contributed by atoms with Crippen molar-refractivity contribution < 1.29 is 37.8 Å². The molecular weight excluding hydrogens is 888 g/mol. The van der Waals surface area contributed by atoms with E-state index in [0.29, 0.717) is 54.4 Å². The highest BCUT2D eigenvalue weighted by molar-refractivity contribution is 7.11. The molecule has 2 saturated heterocycles. The number of nitrogens with one attached hydrogen (secondary N) is 2. The van der Waals surface area contributed by atoms with E-state index in [2.05, 4.69) is 33.4 Å². The molecule has 0 spiro atoms. The highest BCUT2D eigenvalue weighted by atomic mass is 32.1. The number of methoxy groups -OCH3 is 2. The number of thiazole rings is 1. The van der Waals surface area contributed by atoms with Gasteiger partial charge in [-0.15, -0.1) is 11.3 Å². The number of rotatable bonds is 12. The Morgan fingerprint density at radius 3 is 1.93 bits per heavy atom. The lowest BCUT2D eigenvalue weighted by Crippen LogP contribution is -2.53. The summed E-state index contributed by atoms with van der Waals surface area (Å²) in [6.45, 7) is 8.72. The van der Waals surface area contributed by atoms with Gasteiger partial charge in [0, 0.05) is 67.3 Å². The van der Waals surface area contributed by atoms with E-state index in [0.717, 1.165) is 87.4 Å². The first kappa shape index (κ1) is 45.4. The van der Waals surface area contributed by atoms with Crippen molar-refractivity contribution in [3.05, 3.63) is 81.8 Å². The van der Waals surface area contributed by atoms with Crippen LogP contribution in [-0.2, 0) is 19.1 Å². The largest absolute Gasteiger partial charge is 0.464 e. The smallest absolute Gasteiger partial charge is 0.407 e. The number of carbonyl (C=O) groups is 4. The number of fused-ring (bicyclic) bond motifs is 5. The third kappa shape index (κ3) is 8.36. The van der Waals surface area contributed by atoms with Crippen molar-refractivity contribution in [3.63, 3.8) is 0 Å². The molecule has 3 fully saturated rings. The second kappa shape index (κ2) is 18.3. The van der Waals surface area contributed by atoms with Crippen LogP contribution < -0.4 is 15.4 Å². The van der Waals surface area contributed by atoms with Crippen molar-refractivity contribution in [3.8, 4) is 17.0 Å². The van der Waals surface area contributed by atoms with E-state index in [-0.39, 0.29) is 35.7 Å². The van der Waals surface area contributed by atoms with Gasteiger partial charge >= 0.3 is 12.2 Å². The van der Waals surface area contributed by atoms with E-state index in [9.17, 15) is 19.2 Å². The number of carbonyl (C=O) groups excluding carboxylic acids is 4. The molecule has 356 valence electrons. The molecule has 2 aromatic carbocycles. The first-order valence-electron chi connectivity index (χ1n) is 23.7. The minimum Gasteiger partial charge on any atom is -0.464 e. The molecule has 2 aromatic heterocycles. The topological polar surface area (TPSA) is 169 Å². The molecular formula is C51H57FN8O7S. The maximum absolute atomic E-state index is 16.9. The number of aromatic nitrogens is 2. The second-order valence-corrected chi connectivity index (χ2v) is 20.4. The van der Waals surface area contributed by atoms with Crippen LogP contribution in [0.2, 0.25) is 0 Å². The predicted molar refractivity (Wildman–Crippen MR) is 258 cm³/mol. The second-order valence-electron chi connectivity index (χ2n) is 19.3. The number of alkyl carbamates (subject to hydrolysis) is 2. The number of hydrogen-bond acceptors (Lipinski definition) is 11. The third-order valence-electron chi connectivity index (χ3n) is 14.2. The lowest BCUT2D eigenvalue weighted by molar-refractivity contribution is -0.134. The van der Waals surface area contributed by atoms with Gasteiger partial charge in [-0.05, 0) is 103 Å². The number of aliphatic imine (C=N–C) groups is 2. The standard InChI is InChI=1S/C51H57FN8O7S/c1-26(2)44(56-50(63)65-5)47(61)58-15-7-9-38(58)35-19-32(23-53-35)29-13-14-37-31(17-29)21-40-43-34(52)18-30(22-41(43)67-49(60(37)40)42-25-55-46(68-42)28-11-12-28)33-20-36(54-24-33)39-10-8-16-59(39)48(62)45(27(3)4)57-51(64)66-6/h13-14,17-18,21-28,38-39,44-45,49H,7-12,15-16,19-20H2,1-6H3,(H,56,63)(H,57,64)/t38-,39-,44-,45-,49+/m0/s1. The van der Waals surface area contributed by atoms with E-state index in [1.54, 1.807) is 23.6 Å². The first-order valence-corrected chi connectivity index (χ1v) is 24.6. The molecule has 1 saturated carbocycles. The number of halogens is 1. The number of amides is 4. The summed E-state index contributed by atoms with van der Waals surface area (Å²) in [5.41, 5.74) is 7.19. The SMILES string of the molecule is COC(=O)N[C@H](C(=O)N1CCC[C@H]1C1=NC=C(c2cc(F)c3c(c2)O[C@H](c2cnc(C4CC4)s2)n2c-3cc3cc(C4=CN=C([C@@H]5CCCN5C(=O)[C@@H](NC(=O)OC)C(C)C)C4)ccc32)C1)C(C)C. The molecule has 5 aliphatic heterocycles. The number of hydrogen-bond donors (Lipinski definition) is 2. The Labute approximate surface area is 398 Å². The average molecular weight is 945 g/mol. The normalized spacial score (nSPS) is 21.8. The molecule has 68 heavy (non-hydrogen) atoms. The zero-order chi connectivity index (χ0) is 47.5. The Kier molecular flexibility index (Phi) is 12.2. The summed E-state index contributed by atoms with van der Waals surface area (Å²) in [6.07, 6.45) is 10.1. The molecule has 6 aliphatic rings. The van der Waals surface area contributed by atoms with Crippen molar-refractivity contribution >= 4 is 68.8 Å². The van der Waals surface area contributed by atoms with Gasteiger partial charge in [-0.25, -0.2) is 19.0 Å². The quantitative estimate of drug-likeness (QED) is 0.142. The molecule has 7 heterocycles. The van der Waals surface area contributed by atoms with Crippen LogP contribution in [0, 0.1) is 17.7 Å². The number of likely N-dealkylation sites (tertiary alicyclic amines) is 2. The maximum Gasteiger partial charge on any atom is 0.407 e. The van der Waals surface area contributed by atoms with E-state index < -0.39 is 36.3 Å². The number of benzene rings is 2. The van der Waals surface area contributed by atoms with E-state index in [1.807, 2.05) is 62.0 Å². The minimum absolute atomic E-state index is 0.130. The van der Waals surface area contributed by atoms with Crippen LogP contribution in [0.1, 0.15) is 112 Å². The van der Waals surface area contributed by atoms with Crippen molar-refractivity contribution in [1.29, 1.82) is 0 Å². The molecule has 0 bridgehead atoms. The Morgan fingerprint density at radius 2 is 1.37 bits per heavy atom. The zero-order valence-corrected chi connectivity index (χ0v) is 40.0. The van der Waals surface area contributed by atoms with Crippen LogP contribution in [0.4, 0.5) is 14.0 Å². The van der Waals surface area contributed by atoms with Gasteiger partial charge in [0.15, 0.2) is 0 Å². The molecule has 17 heteroatoms. The van der Waals surface area contributed by atoms with Crippen LogP contribution >= 0.6 is 11.3 Å². The Morgan fingerprint density at radius 1 is 0.779 bits per heavy atom. The van der Waals surface area contributed by atoms with Gasteiger partial charge in [-0.3, -0.25) is 24.1 Å². The van der Waals surface area contributed by atoms with Crippen molar-refractivity contribution in [2.45, 2.75) is 115 Å². The fourth-order valence-corrected chi connectivity index (χ4v) is 11.6. The van der Waals surface area contributed by atoms with Gasteiger partial charge in [0.1, 0.15) is 23.7 Å². The van der Waals surface area contributed by atoms with Gasteiger partial charge in [0.05, 0.1) is 53.0 Å². The third-order valence-corrected chi connectivity index (χ3v) is 15.4. The van der Waals surface area contributed by atoms with E-state index >= 15 is 4.39 Å². The van der Waals surface area contributed by atoms with Crippen molar-refractivity contribution in [2.75, 3.05) is 27.3 Å². The van der Waals surface area contributed by atoms with Crippen LogP contribution in [0.5, 0.6) is 5.75 Å². The summed E-state index contributed by atoms with van der Waals surface area (Å²) >= 11 is 1.64. The summed E-state index contributed by atoms with van der Waals surface area (Å²) in [6, 6.07) is 9.88. The first-order chi connectivity index (χ1) is 32.8. The van der Waals surface area contributed by atoms with Crippen LogP contribution in [-0.4, -0.2) is 106 Å². The highest BCUT2D eigenvalue weighted by Crippen LogP contribution is 2.50. The Hall–Kier alpha value is -6.36. The monoisotopic (exact) mass is 944 g/mol. The van der Waals surface area contributed by atoms with Crippen LogP contribution in [0.3, 0.4) is 0 Å². The molecule has 2 N–H and O–H groups in total. The lowest BCUT2D eigenvalue weighted by Gasteiger charge is -2.31. The fraction of sp³-hybridized carbons (Fsp3) is 0.471. The van der Waals surface area contributed by atoms with Gasteiger partial charge in [0.25, 0.3) is 0 Å². The van der Waals surface area contributed by atoms with Crippen molar-refractivity contribution in [2.24, 2.45) is 21.8 Å². The Balaban J connectivity index is 0.913. The molecule has 0 unspecified atom stereocenters. The van der Waals surface area contributed by atoms with Crippen LogP contribution in [0.15, 0.2) is 65.0 Å². The summed E-state index contributed by atoms with van der Waals surface area (Å²) in [4.78, 5) is 71.0. The summed E-state index contributed by atoms with van der Waals surface area (Å²) in [5.74, 6) is -0.126. The molecule has 4 amide bonds. The average Bonchev–Trinajstić information content (AvgIpc) is 4.05. The summed E-state index contributed by atoms with van der Waals surface area (Å²) < 4.78 is 35.5. The fourth-order valence-electron chi connectivity index (χ4n) is 10.4.